The summed E-state index contributed by atoms with van der Waals surface area (Å²) in [6.45, 7) is 4.93. The van der Waals surface area contributed by atoms with Crippen molar-refractivity contribution in [1.82, 2.24) is 9.88 Å². The molecule has 0 fully saturated rings. The standard InChI is InChI=1S/C16H20ClN3O/c1-11(2)20-10-14(17)7-15(20)16(21)19-9-13-6-4-3-5-12(13)8-18/h3-7,10-11H,8-9,18H2,1-2H3,(H,19,21). The zero-order chi connectivity index (χ0) is 15.4. The van der Waals surface area contributed by atoms with Gasteiger partial charge in [0, 0.05) is 25.3 Å². The Labute approximate surface area is 129 Å². The number of halogens is 1. The van der Waals surface area contributed by atoms with E-state index in [1.807, 2.05) is 42.7 Å². The molecule has 4 nitrogen and oxygen atoms in total. The molecule has 0 saturated carbocycles. The average molecular weight is 306 g/mol. The lowest BCUT2D eigenvalue weighted by molar-refractivity contribution is 0.0940. The fourth-order valence-corrected chi connectivity index (χ4v) is 2.46. The van der Waals surface area contributed by atoms with Gasteiger partial charge in [-0.2, -0.15) is 0 Å². The number of hydrogen-bond acceptors (Lipinski definition) is 2. The van der Waals surface area contributed by atoms with Crippen LogP contribution in [0.4, 0.5) is 0 Å². The third kappa shape index (κ3) is 3.65. The van der Waals surface area contributed by atoms with Crippen molar-refractivity contribution in [2.24, 2.45) is 5.73 Å². The molecule has 0 bridgehead atoms. The van der Waals surface area contributed by atoms with Gasteiger partial charge < -0.3 is 15.6 Å². The lowest BCUT2D eigenvalue weighted by Crippen LogP contribution is -2.26. The molecule has 1 amide bonds. The molecule has 0 aliphatic carbocycles. The summed E-state index contributed by atoms with van der Waals surface area (Å²) in [5, 5.41) is 3.49. The summed E-state index contributed by atoms with van der Waals surface area (Å²) in [6, 6.07) is 9.68. The SMILES string of the molecule is CC(C)n1cc(Cl)cc1C(=O)NCc1ccccc1CN. The highest BCUT2D eigenvalue weighted by Gasteiger charge is 2.15. The van der Waals surface area contributed by atoms with Crippen LogP contribution in [0.3, 0.4) is 0 Å². The van der Waals surface area contributed by atoms with Crippen LogP contribution in [0, 0.1) is 0 Å². The lowest BCUT2D eigenvalue weighted by atomic mass is 10.1. The molecule has 0 unspecified atom stereocenters. The van der Waals surface area contributed by atoms with Crippen LogP contribution in [0.15, 0.2) is 36.5 Å². The van der Waals surface area contributed by atoms with Crippen molar-refractivity contribution in [2.75, 3.05) is 0 Å². The molecule has 0 atom stereocenters. The smallest absolute Gasteiger partial charge is 0.268 e. The topological polar surface area (TPSA) is 60.0 Å². The summed E-state index contributed by atoms with van der Waals surface area (Å²) in [6.07, 6.45) is 1.77. The molecule has 1 heterocycles. The van der Waals surface area contributed by atoms with Gasteiger partial charge in [0.25, 0.3) is 5.91 Å². The normalized spacial score (nSPS) is 10.9. The number of amides is 1. The van der Waals surface area contributed by atoms with Gasteiger partial charge in [-0.05, 0) is 31.0 Å². The summed E-state index contributed by atoms with van der Waals surface area (Å²) < 4.78 is 1.87. The quantitative estimate of drug-likeness (QED) is 0.891. The molecule has 2 aromatic rings. The van der Waals surface area contributed by atoms with Gasteiger partial charge in [-0.1, -0.05) is 35.9 Å². The molecule has 0 saturated heterocycles. The summed E-state index contributed by atoms with van der Waals surface area (Å²) in [4.78, 5) is 12.3. The van der Waals surface area contributed by atoms with E-state index in [2.05, 4.69) is 5.32 Å². The predicted octanol–water partition coefficient (Wildman–Crippen LogP) is 3.11. The third-order valence-corrected chi connectivity index (χ3v) is 3.59. The van der Waals surface area contributed by atoms with Gasteiger partial charge in [0.1, 0.15) is 5.69 Å². The Hall–Kier alpha value is -1.78. The first kappa shape index (κ1) is 15.6. The first-order valence-electron chi connectivity index (χ1n) is 6.95. The van der Waals surface area contributed by atoms with E-state index in [-0.39, 0.29) is 11.9 Å². The molecule has 5 heteroatoms. The highest BCUT2D eigenvalue weighted by molar-refractivity contribution is 6.31. The Kier molecular flexibility index (Phi) is 5.04. The van der Waals surface area contributed by atoms with E-state index in [9.17, 15) is 4.79 Å². The van der Waals surface area contributed by atoms with E-state index in [1.54, 1.807) is 12.3 Å². The highest BCUT2D eigenvalue weighted by atomic mass is 35.5. The van der Waals surface area contributed by atoms with Crippen molar-refractivity contribution in [3.63, 3.8) is 0 Å². The molecule has 0 spiro atoms. The van der Waals surface area contributed by atoms with Crippen LogP contribution >= 0.6 is 11.6 Å². The molecule has 0 aliphatic heterocycles. The highest BCUT2D eigenvalue weighted by Crippen LogP contribution is 2.19. The number of carbonyl (C=O) groups is 1. The zero-order valence-corrected chi connectivity index (χ0v) is 13.0. The fraction of sp³-hybridized carbons (Fsp3) is 0.312. The van der Waals surface area contributed by atoms with E-state index in [0.29, 0.717) is 23.8 Å². The maximum Gasteiger partial charge on any atom is 0.268 e. The van der Waals surface area contributed by atoms with Crippen LogP contribution < -0.4 is 11.1 Å². The van der Waals surface area contributed by atoms with Crippen LogP contribution in [0.25, 0.3) is 0 Å². The molecule has 3 N–H and O–H groups in total. The van der Waals surface area contributed by atoms with E-state index in [0.717, 1.165) is 11.1 Å². The third-order valence-electron chi connectivity index (χ3n) is 3.38. The minimum atomic E-state index is -0.137. The summed E-state index contributed by atoms with van der Waals surface area (Å²) in [7, 11) is 0. The first-order valence-corrected chi connectivity index (χ1v) is 7.33. The maximum absolute atomic E-state index is 12.3. The van der Waals surface area contributed by atoms with Gasteiger partial charge in [0.15, 0.2) is 0 Å². The van der Waals surface area contributed by atoms with Crippen LogP contribution in [-0.4, -0.2) is 10.5 Å². The Morgan fingerprint density at radius 2 is 2.00 bits per heavy atom. The van der Waals surface area contributed by atoms with Gasteiger partial charge in [0.2, 0.25) is 0 Å². The van der Waals surface area contributed by atoms with Crippen molar-refractivity contribution in [1.29, 1.82) is 0 Å². The van der Waals surface area contributed by atoms with Gasteiger partial charge in [-0.15, -0.1) is 0 Å². The molecule has 0 radical (unpaired) electrons. The fourth-order valence-electron chi connectivity index (χ4n) is 2.25. The summed E-state index contributed by atoms with van der Waals surface area (Å²) in [5.41, 5.74) is 8.34. The number of benzene rings is 1. The maximum atomic E-state index is 12.3. The van der Waals surface area contributed by atoms with Crippen LogP contribution in [0.5, 0.6) is 0 Å². The second-order valence-corrected chi connectivity index (χ2v) is 5.64. The van der Waals surface area contributed by atoms with Crippen LogP contribution in [0.2, 0.25) is 5.02 Å². The van der Waals surface area contributed by atoms with Crippen molar-refractivity contribution in [3.8, 4) is 0 Å². The number of carbonyl (C=O) groups excluding carboxylic acids is 1. The molecule has 1 aromatic carbocycles. The lowest BCUT2D eigenvalue weighted by Gasteiger charge is -2.13. The second-order valence-electron chi connectivity index (χ2n) is 5.20. The van der Waals surface area contributed by atoms with Crippen molar-refractivity contribution in [2.45, 2.75) is 33.0 Å². The average Bonchev–Trinajstić information content (AvgIpc) is 2.87. The van der Waals surface area contributed by atoms with Crippen LogP contribution in [0.1, 0.15) is 41.5 Å². The van der Waals surface area contributed by atoms with E-state index in [1.165, 1.54) is 0 Å². The van der Waals surface area contributed by atoms with Crippen molar-refractivity contribution < 1.29 is 4.79 Å². The largest absolute Gasteiger partial charge is 0.347 e. The zero-order valence-electron chi connectivity index (χ0n) is 12.3. The summed E-state index contributed by atoms with van der Waals surface area (Å²) >= 11 is 6.00. The number of nitrogens with two attached hydrogens (primary N) is 1. The number of aromatic nitrogens is 1. The molecule has 21 heavy (non-hydrogen) atoms. The molecule has 2 rings (SSSR count). The van der Waals surface area contributed by atoms with Crippen LogP contribution in [-0.2, 0) is 13.1 Å². The monoisotopic (exact) mass is 305 g/mol. The molecule has 112 valence electrons. The van der Waals surface area contributed by atoms with E-state index < -0.39 is 0 Å². The summed E-state index contributed by atoms with van der Waals surface area (Å²) in [5.74, 6) is -0.137. The Bertz CT molecular complexity index is 634. The second kappa shape index (κ2) is 6.78. The first-order chi connectivity index (χ1) is 10.0. The molecular weight excluding hydrogens is 286 g/mol. The minimum Gasteiger partial charge on any atom is -0.347 e. The molecular formula is C16H20ClN3O. The predicted molar refractivity (Wildman–Crippen MR) is 85.3 cm³/mol. The van der Waals surface area contributed by atoms with Gasteiger partial charge in [-0.3, -0.25) is 4.79 Å². The van der Waals surface area contributed by atoms with Gasteiger partial charge in [-0.25, -0.2) is 0 Å². The minimum absolute atomic E-state index is 0.137. The van der Waals surface area contributed by atoms with Gasteiger partial charge >= 0.3 is 0 Å². The number of hydrogen-bond donors (Lipinski definition) is 2. The Balaban J connectivity index is 2.12. The van der Waals surface area contributed by atoms with E-state index >= 15 is 0 Å². The number of nitrogens with one attached hydrogen (secondary N) is 1. The Morgan fingerprint density at radius 1 is 1.33 bits per heavy atom. The van der Waals surface area contributed by atoms with E-state index in [4.69, 9.17) is 17.3 Å². The van der Waals surface area contributed by atoms with Crippen molar-refractivity contribution in [3.05, 3.63) is 58.4 Å². The molecule has 1 aromatic heterocycles. The number of rotatable bonds is 5. The van der Waals surface area contributed by atoms with Crippen molar-refractivity contribution >= 4 is 17.5 Å². The van der Waals surface area contributed by atoms with Gasteiger partial charge in [0.05, 0.1) is 5.02 Å². The number of nitrogens with zero attached hydrogens (tertiary/aromatic N) is 1. The molecule has 0 aliphatic rings. The Morgan fingerprint density at radius 3 is 2.62 bits per heavy atom.